The molecule has 2 aliphatic rings. The zero-order valence-electron chi connectivity index (χ0n) is 8.34. The standard InChI is InChI=1S/C10H15NO3/c1-2-14-9(13)7-5-10(3-4-10)6-11-8(7)12/h7H,2-6H2,1H3,(H,11,12). The van der Waals surface area contributed by atoms with Gasteiger partial charge in [0.05, 0.1) is 6.61 Å². The molecule has 0 radical (unpaired) electrons. The highest BCUT2D eigenvalue weighted by Crippen LogP contribution is 2.51. The second kappa shape index (κ2) is 3.26. The second-order valence-electron chi connectivity index (χ2n) is 4.23. The molecule has 1 atom stereocenters. The summed E-state index contributed by atoms with van der Waals surface area (Å²) in [6.45, 7) is 2.84. The highest BCUT2D eigenvalue weighted by Gasteiger charge is 2.50. The van der Waals surface area contributed by atoms with E-state index in [0.717, 1.165) is 19.4 Å². The van der Waals surface area contributed by atoms with Crippen LogP contribution in [0.5, 0.6) is 0 Å². The molecule has 0 aromatic carbocycles. The first-order valence-electron chi connectivity index (χ1n) is 5.11. The molecule has 2 fully saturated rings. The molecule has 1 saturated heterocycles. The zero-order valence-corrected chi connectivity index (χ0v) is 8.34. The number of hydrogen-bond acceptors (Lipinski definition) is 3. The Morgan fingerprint density at radius 1 is 1.64 bits per heavy atom. The summed E-state index contributed by atoms with van der Waals surface area (Å²) in [5.41, 5.74) is 0.228. The molecule has 2 rings (SSSR count). The van der Waals surface area contributed by atoms with E-state index in [1.165, 1.54) is 0 Å². The zero-order chi connectivity index (χ0) is 10.2. The fraction of sp³-hybridized carbons (Fsp3) is 0.800. The first kappa shape index (κ1) is 9.49. The summed E-state index contributed by atoms with van der Waals surface area (Å²) in [5, 5.41) is 2.78. The Bertz CT molecular complexity index is 271. The van der Waals surface area contributed by atoms with Crippen molar-refractivity contribution in [1.82, 2.24) is 5.32 Å². The van der Waals surface area contributed by atoms with Crippen LogP contribution in [0, 0.1) is 11.3 Å². The van der Waals surface area contributed by atoms with Crippen LogP contribution in [-0.4, -0.2) is 25.0 Å². The molecule has 1 amide bonds. The van der Waals surface area contributed by atoms with Crippen LogP contribution in [0.15, 0.2) is 0 Å². The number of hydrogen-bond donors (Lipinski definition) is 1. The topological polar surface area (TPSA) is 55.4 Å². The van der Waals surface area contributed by atoms with Gasteiger partial charge in [0.25, 0.3) is 0 Å². The number of amides is 1. The molecule has 1 spiro atoms. The maximum absolute atomic E-state index is 11.4. The maximum atomic E-state index is 11.4. The van der Waals surface area contributed by atoms with Gasteiger partial charge in [-0.05, 0) is 31.6 Å². The van der Waals surface area contributed by atoms with Crippen LogP contribution in [0.2, 0.25) is 0 Å². The van der Waals surface area contributed by atoms with E-state index in [1.54, 1.807) is 6.92 Å². The average molecular weight is 197 g/mol. The lowest BCUT2D eigenvalue weighted by Crippen LogP contribution is -2.46. The Hall–Kier alpha value is -1.06. The molecule has 4 nitrogen and oxygen atoms in total. The third kappa shape index (κ3) is 1.61. The third-order valence-corrected chi connectivity index (χ3v) is 3.12. The first-order chi connectivity index (χ1) is 6.67. The van der Waals surface area contributed by atoms with Gasteiger partial charge in [0.15, 0.2) is 0 Å². The summed E-state index contributed by atoms with van der Waals surface area (Å²) in [5.74, 6) is -1.09. The van der Waals surface area contributed by atoms with Crippen molar-refractivity contribution < 1.29 is 14.3 Å². The highest BCUT2D eigenvalue weighted by molar-refractivity contribution is 5.98. The lowest BCUT2D eigenvalue weighted by atomic mass is 9.87. The average Bonchev–Trinajstić information content (AvgIpc) is 2.91. The minimum absolute atomic E-state index is 0.166. The SMILES string of the molecule is CCOC(=O)C1CC2(CC2)CNC1=O. The molecule has 0 aromatic heterocycles. The fourth-order valence-electron chi connectivity index (χ4n) is 1.99. The van der Waals surface area contributed by atoms with E-state index < -0.39 is 5.92 Å². The molecule has 78 valence electrons. The summed E-state index contributed by atoms with van der Waals surface area (Å²) in [4.78, 5) is 22.9. The van der Waals surface area contributed by atoms with Gasteiger partial charge in [-0.3, -0.25) is 9.59 Å². The van der Waals surface area contributed by atoms with E-state index >= 15 is 0 Å². The number of carbonyl (C=O) groups is 2. The number of carbonyl (C=O) groups excluding carboxylic acids is 2. The van der Waals surface area contributed by atoms with Crippen molar-refractivity contribution in [2.45, 2.75) is 26.2 Å². The molecule has 1 saturated carbocycles. The Morgan fingerprint density at radius 3 is 2.93 bits per heavy atom. The van der Waals surface area contributed by atoms with Gasteiger partial charge in [-0.1, -0.05) is 0 Å². The summed E-state index contributed by atoms with van der Waals surface area (Å²) in [7, 11) is 0. The van der Waals surface area contributed by atoms with Gasteiger partial charge < -0.3 is 10.1 Å². The fourth-order valence-corrected chi connectivity index (χ4v) is 1.99. The second-order valence-corrected chi connectivity index (χ2v) is 4.23. The maximum Gasteiger partial charge on any atom is 0.318 e. The third-order valence-electron chi connectivity index (χ3n) is 3.12. The van der Waals surface area contributed by atoms with Gasteiger partial charge in [0, 0.05) is 6.54 Å². The van der Waals surface area contributed by atoms with Crippen LogP contribution in [0.4, 0.5) is 0 Å². The van der Waals surface area contributed by atoms with Crippen LogP contribution in [-0.2, 0) is 14.3 Å². The van der Waals surface area contributed by atoms with E-state index in [1.807, 2.05) is 0 Å². The van der Waals surface area contributed by atoms with Crippen molar-refractivity contribution in [2.75, 3.05) is 13.2 Å². The number of piperidine rings is 1. The first-order valence-corrected chi connectivity index (χ1v) is 5.11. The van der Waals surface area contributed by atoms with Gasteiger partial charge in [-0.25, -0.2) is 0 Å². The molecule has 0 aromatic rings. The van der Waals surface area contributed by atoms with Crippen LogP contribution in [0.1, 0.15) is 26.2 Å². The Morgan fingerprint density at radius 2 is 2.36 bits per heavy atom. The minimum atomic E-state index is -0.564. The molecule has 14 heavy (non-hydrogen) atoms. The predicted octanol–water partition coefficient (Wildman–Crippen LogP) is 0.466. The largest absolute Gasteiger partial charge is 0.465 e. The molecule has 4 heteroatoms. The quantitative estimate of drug-likeness (QED) is 0.517. The molecular weight excluding hydrogens is 182 g/mol. The van der Waals surface area contributed by atoms with Crippen LogP contribution >= 0.6 is 0 Å². The van der Waals surface area contributed by atoms with Crippen molar-refractivity contribution in [2.24, 2.45) is 11.3 Å². The van der Waals surface area contributed by atoms with E-state index in [2.05, 4.69) is 5.32 Å². The monoisotopic (exact) mass is 197 g/mol. The number of ether oxygens (including phenoxy) is 1. The summed E-state index contributed by atoms with van der Waals surface area (Å²) >= 11 is 0. The molecule has 1 N–H and O–H groups in total. The van der Waals surface area contributed by atoms with Crippen LogP contribution in [0.25, 0.3) is 0 Å². The van der Waals surface area contributed by atoms with Crippen LogP contribution < -0.4 is 5.32 Å². The molecule has 1 aliphatic carbocycles. The van der Waals surface area contributed by atoms with E-state index in [4.69, 9.17) is 4.74 Å². The number of rotatable bonds is 2. The van der Waals surface area contributed by atoms with Gasteiger partial charge in [0.1, 0.15) is 5.92 Å². The Kier molecular flexibility index (Phi) is 2.21. The minimum Gasteiger partial charge on any atom is -0.465 e. The molecule has 1 heterocycles. The van der Waals surface area contributed by atoms with E-state index in [0.29, 0.717) is 13.0 Å². The smallest absolute Gasteiger partial charge is 0.318 e. The van der Waals surface area contributed by atoms with Crippen molar-refractivity contribution in [1.29, 1.82) is 0 Å². The lowest BCUT2D eigenvalue weighted by Gasteiger charge is -2.27. The Balaban J connectivity index is 2.01. The highest BCUT2D eigenvalue weighted by atomic mass is 16.5. The molecule has 1 unspecified atom stereocenters. The van der Waals surface area contributed by atoms with Gasteiger partial charge in [-0.15, -0.1) is 0 Å². The number of nitrogens with one attached hydrogen (secondary N) is 1. The summed E-state index contributed by atoms with van der Waals surface area (Å²) in [6, 6.07) is 0. The van der Waals surface area contributed by atoms with Gasteiger partial charge >= 0.3 is 5.97 Å². The predicted molar refractivity (Wildman–Crippen MR) is 49.4 cm³/mol. The van der Waals surface area contributed by atoms with Crippen LogP contribution in [0.3, 0.4) is 0 Å². The van der Waals surface area contributed by atoms with E-state index in [-0.39, 0.29) is 17.3 Å². The van der Waals surface area contributed by atoms with Gasteiger partial charge in [0.2, 0.25) is 5.91 Å². The Labute approximate surface area is 83.0 Å². The molecule has 0 bridgehead atoms. The summed E-state index contributed by atoms with van der Waals surface area (Å²) in [6.07, 6.45) is 2.93. The van der Waals surface area contributed by atoms with Gasteiger partial charge in [-0.2, -0.15) is 0 Å². The van der Waals surface area contributed by atoms with Crippen molar-refractivity contribution >= 4 is 11.9 Å². The number of esters is 1. The van der Waals surface area contributed by atoms with Crippen molar-refractivity contribution in [3.63, 3.8) is 0 Å². The lowest BCUT2D eigenvalue weighted by molar-refractivity contribution is -0.154. The molecular formula is C10H15NO3. The van der Waals surface area contributed by atoms with Crippen molar-refractivity contribution in [3.8, 4) is 0 Å². The normalized spacial score (nSPS) is 28.4. The summed E-state index contributed by atoms with van der Waals surface area (Å²) < 4.78 is 4.87. The van der Waals surface area contributed by atoms with Crippen molar-refractivity contribution in [3.05, 3.63) is 0 Å². The molecule has 1 aliphatic heterocycles. The van der Waals surface area contributed by atoms with E-state index in [9.17, 15) is 9.59 Å².